The molecule has 0 aromatic heterocycles. The molecule has 2 aliphatic rings. The van der Waals surface area contributed by atoms with Crippen molar-refractivity contribution in [2.45, 2.75) is 69.8 Å². The van der Waals surface area contributed by atoms with Crippen LogP contribution in [0.25, 0.3) is 0 Å². The minimum absolute atomic E-state index is 0.292. The predicted octanol–water partition coefficient (Wildman–Crippen LogP) is 3.49. The first kappa shape index (κ1) is 12.1. The SMILES string of the molecule is COC1(C(=O)C2CCCCCC2)CCCC1. The Morgan fingerprint density at radius 1 is 1.00 bits per heavy atom. The van der Waals surface area contributed by atoms with Crippen LogP contribution in [0.15, 0.2) is 0 Å². The Morgan fingerprint density at radius 3 is 2.06 bits per heavy atom. The van der Waals surface area contributed by atoms with E-state index in [-0.39, 0.29) is 0 Å². The van der Waals surface area contributed by atoms with E-state index >= 15 is 0 Å². The number of ether oxygens (including phenoxy) is 1. The molecular formula is C14H24O2. The molecule has 0 N–H and O–H groups in total. The fourth-order valence-electron chi connectivity index (χ4n) is 3.41. The lowest BCUT2D eigenvalue weighted by atomic mass is 9.83. The largest absolute Gasteiger partial charge is 0.370 e. The first-order valence-corrected chi connectivity index (χ1v) is 6.88. The average molecular weight is 224 g/mol. The van der Waals surface area contributed by atoms with Crippen molar-refractivity contribution in [2.75, 3.05) is 7.11 Å². The van der Waals surface area contributed by atoms with Crippen LogP contribution >= 0.6 is 0 Å². The highest BCUT2D eigenvalue weighted by Gasteiger charge is 2.43. The molecule has 0 aromatic carbocycles. The van der Waals surface area contributed by atoms with Gasteiger partial charge in [0.15, 0.2) is 5.78 Å². The maximum Gasteiger partial charge on any atom is 0.167 e. The van der Waals surface area contributed by atoms with Crippen LogP contribution in [0.5, 0.6) is 0 Å². The first-order valence-electron chi connectivity index (χ1n) is 6.88. The number of hydrogen-bond acceptors (Lipinski definition) is 2. The molecule has 2 saturated carbocycles. The third-order valence-electron chi connectivity index (χ3n) is 4.48. The minimum Gasteiger partial charge on any atom is -0.370 e. The van der Waals surface area contributed by atoms with E-state index in [1.54, 1.807) is 7.11 Å². The third kappa shape index (κ3) is 2.32. The second-order valence-corrected chi connectivity index (χ2v) is 5.46. The second-order valence-electron chi connectivity index (χ2n) is 5.46. The molecular weight excluding hydrogens is 200 g/mol. The van der Waals surface area contributed by atoms with Gasteiger partial charge >= 0.3 is 0 Å². The number of methoxy groups -OCH3 is 1. The number of Topliss-reactive ketones (excluding diaryl/α,β-unsaturated/α-hetero) is 1. The third-order valence-corrected chi connectivity index (χ3v) is 4.48. The van der Waals surface area contributed by atoms with Crippen molar-refractivity contribution in [1.82, 2.24) is 0 Å². The van der Waals surface area contributed by atoms with E-state index in [0.717, 1.165) is 38.5 Å². The number of rotatable bonds is 3. The molecule has 0 atom stereocenters. The van der Waals surface area contributed by atoms with E-state index in [4.69, 9.17) is 4.74 Å². The molecule has 0 unspecified atom stereocenters. The molecule has 0 heterocycles. The van der Waals surface area contributed by atoms with Crippen molar-refractivity contribution in [1.29, 1.82) is 0 Å². The highest BCUT2D eigenvalue weighted by Crippen LogP contribution is 2.38. The van der Waals surface area contributed by atoms with Gasteiger partial charge in [-0.3, -0.25) is 4.79 Å². The number of carbonyl (C=O) groups is 1. The second kappa shape index (κ2) is 5.31. The maximum absolute atomic E-state index is 12.6. The Bertz CT molecular complexity index is 233. The van der Waals surface area contributed by atoms with Crippen LogP contribution in [0.3, 0.4) is 0 Å². The van der Waals surface area contributed by atoms with Crippen molar-refractivity contribution in [2.24, 2.45) is 5.92 Å². The summed E-state index contributed by atoms with van der Waals surface area (Å²) in [6.07, 6.45) is 11.5. The highest BCUT2D eigenvalue weighted by atomic mass is 16.5. The van der Waals surface area contributed by atoms with Gasteiger partial charge in [0.1, 0.15) is 5.60 Å². The van der Waals surface area contributed by atoms with E-state index in [0.29, 0.717) is 11.7 Å². The standard InChI is InChI=1S/C14H24O2/c1-16-14(10-6-7-11-14)13(15)12-8-4-2-3-5-9-12/h12H,2-11H2,1H3. The van der Waals surface area contributed by atoms with Crippen LogP contribution in [-0.4, -0.2) is 18.5 Å². The smallest absolute Gasteiger partial charge is 0.167 e. The van der Waals surface area contributed by atoms with Gasteiger partial charge in [-0.25, -0.2) is 0 Å². The molecule has 2 rings (SSSR count). The molecule has 0 spiro atoms. The fourth-order valence-corrected chi connectivity index (χ4v) is 3.41. The Balaban J connectivity index is 2.03. The Hall–Kier alpha value is -0.370. The van der Waals surface area contributed by atoms with Crippen LogP contribution in [0, 0.1) is 5.92 Å². The summed E-state index contributed by atoms with van der Waals surface area (Å²) in [6.45, 7) is 0. The van der Waals surface area contributed by atoms with Crippen molar-refractivity contribution < 1.29 is 9.53 Å². The summed E-state index contributed by atoms with van der Waals surface area (Å²) < 4.78 is 5.61. The van der Waals surface area contributed by atoms with Gasteiger partial charge in [0.05, 0.1) is 0 Å². The Morgan fingerprint density at radius 2 is 1.56 bits per heavy atom. The summed E-state index contributed by atoms with van der Waals surface area (Å²) in [4.78, 5) is 12.6. The van der Waals surface area contributed by atoms with Gasteiger partial charge in [0, 0.05) is 13.0 Å². The summed E-state index contributed by atoms with van der Waals surface area (Å²) in [6, 6.07) is 0. The molecule has 0 amide bonds. The normalized spacial score (nSPS) is 26.6. The summed E-state index contributed by atoms with van der Waals surface area (Å²) in [5.74, 6) is 0.718. The minimum atomic E-state index is -0.394. The predicted molar refractivity (Wildman–Crippen MR) is 64.4 cm³/mol. The molecule has 0 saturated heterocycles. The molecule has 16 heavy (non-hydrogen) atoms. The van der Waals surface area contributed by atoms with Gasteiger partial charge in [0.25, 0.3) is 0 Å². The van der Waals surface area contributed by atoms with Gasteiger partial charge in [-0.2, -0.15) is 0 Å². The number of ketones is 1. The molecule has 2 heteroatoms. The van der Waals surface area contributed by atoms with Crippen molar-refractivity contribution in [3.05, 3.63) is 0 Å². The molecule has 0 aromatic rings. The average Bonchev–Trinajstić information content (AvgIpc) is 2.64. The highest BCUT2D eigenvalue weighted by molar-refractivity contribution is 5.89. The van der Waals surface area contributed by atoms with E-state index in [2.05, 4.69) is 0 Å². The topological polar surface area (TPSA) is 26.3 Å². The summed E-state index contributed by atoms with van der Waals surface area (Å²) in [7, 11) is 1.72. The Labute approximate surface area is 98.7 Å². The van der Waals surface area contributed by atoms with Gasteiger partial charge in [-0.05, 0) is 38.5 Å². The molecule has 92 valence electrons. The van der Waals surface area contributed by atoms with E-state index in [1.165, 1.54) is 25.7 Å². The van der Waals surface area contributed by atoms with Crippen LogP contribution in [-0.2, 0) is 9.53 Å². The van der Waals surface area contributed by atoms with Crippen LogP contribution in [0.1, 0.15) is 64.2 Å². The Kier molecular flexibility index (Phi) is 4.01. The van der Waals surface area contributed by atoms with Crippen molar-refractivity contribution >= 4 is 5.78 Å². The zero-order chi connectivity index (χ0) is 11.4. The first-order chi connectivity index (χ1) is 7.78. The monoisotopic (exact) mass is 224 g/mol. The summed E-state index contributed by atoms with van der Waals surface area (Å²) >= 11 is 0. The maximum atomic E-state index is 12.6. The van der Waals surface area contributed by atoms with Crippen LogP contribution in [0.4, 0.5) is 0 Å². The fraction of sp³-hybridized carbons (Fsp3) is 0.929. The lowest BCUT2D eigenvalue weighted by molar-refractivity contribution is -0.145. The van der Waals surface area contributed by atoms with E-state index < -0.39 is 5.60 Å². The quantitative estimate of drug-likeness (QED) is 0.686. The summed E-state index contributed by atoms with van der Waals surface area (Å²) in [5, 5.41) is 0. The molecule has 2 aliphatic carbocycles. The molecule has 0 aliphatic heterocycles. The van der Waals surface area contributed by atoms with E-state index in [9.17, 15) is 4.79 Å². The van der Waals surface area contributed by atoms with Gasteiger partial charge in [-0.15, -0.1) is 0 Å². The lowest BCUT2D eigenvalue weighted by Gasteiger charge is -2.29. The molecule has 0 radical (unpaired) electrons. The zero-order valence-electron chi connectivity index (χ0n) is 10.5. The molecule has 2 fully saturated rings. The number of hydrogen-bond donors (Lipinski definition) is 0. The molecule has 0 bridgehead atoms. The van der Waals surface area contributed by atoms with Gasteiger partial charge < -0.3 is 4.74 Å². The van der Waals surface area contributed by atoms with Gasteiger partial charge in [0.2, 0.25) is 0 Å². The van der Waals surface area contributed by atoms with Crippen molar-refractivity contribution in [3.63, 3.8) is 0 Å². The number of carbonyl (C=O) groups excluding carboxylic acids is 1. The van der Waals surface area contributed by atoms with E-state index in [1.807, 2.05) is 0 Å². The zero-order valence-corrected chi connectivity index (χ0v) is 10.5. The van der Waals surface area contributed by atoms with Gasteiger partial charge in [-0.1, -0.05) is 25.7 Å². The van der Waals surface area contributed by atoms with Crippen LogP contribution in [0.2, 0.25) is 0 Å². The van der Waals surface area contributed by atoms with Crippen LogP contribution < -0.4 is 0 Å². The van der Waals surface area contributed by atoms with Crippen molar-refractivity contribution in [3.8, 4) is 0 Å². The molecule has 2 nitrogen and oxygen atoms in total. The lowest BCUT2D eigenvalue weighted by Crippen LogP contribution is -2.42. The summed E-state index contributed by atoms with van der Waals surface area (Å²) in [5.41, 5.74) is -0.394.